The summed E-state index contributed by atoms with van der Waals surface area (Å²) in [5, 5.41) is 6.25. The zero-order valence-corrected chi connectivity index (χ0v) is 9.93. The molecule has 1 aliphatic rings. The van der Waals surface area contributed by atoms with Gasteiger partial charge in [-0.25, -0.2) is 0 Å². The molecule has 1 fully saturated rings. The van der Waals surface area contributed by atoms with Gasteiger partial charge >= 0.3 is 6.18 Å². The van der Waals surface area contributed by atoms with Gasteiger partial charge in [-0.1, -0.05) is 6.07 Å². The lowest BCUT2D eigenvalue weighted by molar-refractivity contribution is -0.137. The van der Waals surface area contributed by atoms with Crippen molar-refractivity contribution in [3.05, 3.63) is 29.8 Å². The van der Waals surface area contributed by atoms with Crippen molar-refractivity contribution < 1.29 is 13.2 Å². The van der Waals surface area contributed by atoms with Crippen LogP contribution in [0.1, 0.15) is 5.56 Å². The van der Waals surface area contributed by atoms with E-state index in [4.69, 9.17) is 0 Å². The Hall–Kier alpha value is -1.27. The monoisotopic (exact) mass is 259 g/mol. The first-order chi connectivity index (χ1) is 8.55. The number of benzene rings is 1. The number of nitrogens with one attached hydrogen (secondary N) is 2. The number of hydrogen-bond donors (Lipinski definition) is 2. The van der Waals surface area contributed by atoms with Gasteiger partial charge in [0.2, 0.25) is 0 Å². The number of alkyl halides is 3. The molecule has 1 aromatic carbocycles. The van der Waals surface area contributed by atoms with E-state index in [2.05, 4.69) is 15.5 Å². The summed E-state index contributed by atoms with van der Waals surface area (Å²) in [4.78, 5) is 2.16. The molecule has 100 valence electrons. The molecule has 6 heteroatoms. The zero-order chi connectivity index (χ0) is 13.0. The first-order valence-corrected chi connectivity index (χ1v) is 5.90. The van der Waals surface area contributed by atoms with Gasteiger partial charge in [0, 0.05) is 31.9 Å². The normalized spacial score (nSPS) is 17.7. The average molecular weight is 259 g/mol. The summed E-state index contributed by atoms with van der Waals surface area (Å²) in [5.74, 6) is 0. The molecule has 0 bridgehead atoms. The maximum absolute atomic E-state index is 12.5. The van der Waals surface area contributed by atoms with Crippen LogP contribution in [0.4, 0.5) is 18.9 Å². The van der Waals surface area contributed by atoms with E-state index in [1.807, 2.05) is 0 Å². The third-order valence-corrected chi connectivity index (χ3v) is 2.91. The van der Waals surface area contributed by atoms with Gasteiger partial charge in [0.25, 0.3) is 0 Å². The van der Waals surface area contributed by atoms with Gasteiger partial charge < -0.3 is 10.6 Å². The molecule has 0 amide bonds. The maximum Gasteiger partial charge on any atom is 0.416 e. The van der Waals surface area contributed by atoms with E-state index in [1.54, 1.807) is 6.07 Å². The molecule has 0 atom stereocenters. The Morgan fingerprint density at radius 3 is 2.61 bits per heavy atom. The van der Waals surface area contributed by atoms with Crippen LogP contribution in [0.3, 0.4) is 0 Å². The number of halogens is 3. The summed E-state index contributed by atoms with van der Waals surface area (Å²) < 4.78 is 37.5. The first kappa shape index (κ1) is 13.2. The molecule has 2 rings (SSSR count). The van der Waals surface area contributed by atoms with E-state index in [1.165, 1.54) is 6.07 Å². The molecule has 1 saturated heterocycles. The lowest BCUT2D eigenvalue weighted by Gasteiger charge is -2.27. The van der Waals surface area contributed by atoms with Crippen molar-refractivity contribution in [2.24, 2.45) is 0 Å². The molecule has 1 aromatic rings. The molecule has 2 N–H and O–H groups in total. The predicted molar refractivity (Wildman–Crippen MR) is 64.4 cm³/mol. The molecule has 0 unspecified atom stereocenters. The Morgan fingerprint density at radius 2 is 1.94 bits per heavy atom. The van der Waals surface area contributed by atoms with E-state index in [9.17, 15) is 13.2 Å². The molecule has 0 aliphatic carbocycles. The lowest BCUT2D eigenvalue weighted by Crippen LogP contribution is -2.45. The number of nitrogens with zero attached hydrogens (tertiary/aromatic N) is 1. The fourth-order valence-electron chi connectivity index (χ4n) is 1.88. The summed E-state index contributed by atoms with van der Waals surface area (Å²) in [6, 6.07) is 5.29. The fourth-order valence-corrected chi connectivity index (χ4v) is 1.88. The smallest absolute Gasteiger partial charge is 0.372 e. The molecule has 0 saturated carbocycles. The van der Waals surface area contributed by atoms with Crippen LogP contribution in [-0.4, -0.2) is 37.7 Å². The molecule has 0 radical (unpaired) electrons. The number of piperazine rings is 1. The summed E-state index contributed by atoms with van der Waals surface area (Å²) >= 11 is 0. The third kappa shape index (κ3) is 3.61. The van der Waals surface area contributed by atoms with Gasteiger partial charge in [-0.3, -0.25) is 4.90 Å². The molecule has 0 aromatic heterocycles. The highest BCUT2D eigenvalue weighted by atomic mass is 19.4. The molecule has 0 spiro atoms. The largest absolute Gasteiger partial charge is 0.416 e. The van der Waals surface area contributed by atoms with E-state index in [-0.39, 0.29) is 0 Å². The molecule has 18 heavy (non-hydrogen) atoms. The van der Waals surface area contributed by atoms with Gasteiger partial charge in [0.05, 0.1) is 12.2 Å². The molecule has 3 nitrogen and oxygen atoms in total. The van der Waals surface area contributed by atoms with Crippen LogP contribution in [0, 0.1) is 0 Å². The van der Waals surface area contributed by atoms with Crippen molar-refractivity contribution in [1.82, 2.24) is 10.2 Å². The molecule has 1 aliphatic heterocycles. The summed E-state index contributed by atoms with van der Waals surface area (Å²) in [5.41, 5.74) is -0.115. The van der Waals surface area contributed by atoms with Crippen molar-refractivity contribution in [2.75, 3.05) is 38.2 Å². The SMILES string of the molecule is FC(F)(F)c1cccc(NCN2CCNCC2)c1. The number of hydrogen-bond acceptors (Lipinski definition) is 3. The first-order valence-electron chi connectivity index (χ1n) is 5.90. The van der Waals surface area contributed by atoms with Crippen LogP contribution in [0.15, 0.2) is 24.3 Å². The van der Waals surface area contributed by atoms with Crippen molar-refractivity contribution in [3.63, 3.8) is 0 Å². The van der Waals surface area contributed by atoms with Gasteiger partial charge in [-0.05, 0) is 18.2 Å². The third-order valence-electron chi connectivity index (χ3n) is 2.91. The second-order valence-corrected chi connectivity index (χ2v) is 4.28. The summed E-state index contributed by atoms with van der Waals surface area (Å²) in [7, 11) is 0. The lowest BCUT2D eigenvalue weighted by atomic mass is 10.2. The van der Waals surface area contributed by atoms with E-state index in [0.29, 0.717) is 12.4 Å². The second-order valence-electron chi connectivity index (χ2n) is 4.28. The van der Waals surface area contributed by atoms with Crippen LogP contribution in [0.2, 0.25) is 0 Å². The van der Waals surface area contributed by atoms with E-state index >= 15 is 0 Å². The quantitative estimate of drug-likeness (QED) is 0.869. The minimum atomic E-state index is -4.28. The topological polar surface area (TPSA) is 27.3 Å². The van der Waals surface area contributed by atoms with Crippen LogP contribution in [0.25, 0.3) is 0 Å². The molecular formula is C12H16F3N3. The minimum Gasteiger partial charge on any atom is -0.372 e. The van der Waals surface area contributed by atoms with Crippen molar-refractivity contribution in [3.8, 4) is 0 Å². The van der Waals surface area contributed by atoms with Gasteiger partial charge in [0.1, 0.15) is 0 Å². The van der Waals surface area contributed by atoms with Crippen molar-refractivity contribution in [2.45, 2.75) is 6.18 Å². The average Bonchev–Trinajstić information content (AvgIpc) is 2.37. The van der Waals surface area contributed by atoms with E-state index in [0.717, 1.165) is 38.3 Å². The predicted octanol–water partition coefficient (Wildman–Crippen LogP) is 1.98. The van der Waals surface area contributed by atoms with Crippen LogP contribution < -0.4 is 10.6 Å². The molecule has 1 heterocycles. The van der Waals surface area contributed by atoms with Crippen LogP contribution in [0.5, 0.6) is 0 Å². The number of anilines is 1. The highest BCUT2D eigenvalue weighted by molar-refractivity contribution is 5.46. The van der Waals surface area contributed by atoms with Crippen molar-refractivity contribution >= 4 is 5.69 Å². The zero-order valence-electron chi connectivity index (χ0n) is 9.93. The van der Waals surface area contributed by atoms with Gasteiger partial charge in [-0.15, -0.1) is 0 Å². The summed E-state index contributed by atoms with van der Waals surface area (Å²) in [6.45, 7) is 4.23. The highest BCUT2D eigenvalue weighted by Crippen LogP contribution is 2.30. The Labute approximate surface area is 104 Å². The fraction of sp³-hybridized carbons (Fsp3) is 0.500. The number of rotatable bonds is 3. The standard InChI is InChI=1S/C12H16F3N3/c13-12(14,15)10-2-1-3-11(8-10)17-9-18-6-4-16-5-7-18/h1-3,8,16-17H,4-7,9H2. The minimum absolute atomic E-state index is 0.503. The van der Waals surface area contributed by atoms with Gasteiger partial charge in [0.15, 0.2) is 0 Å². The Morgan fingerprint density at radius 1 is 1.22 bits per heavy atom. The van der Waals surface area contributed by atoms with Crippen LogP contribution in [-0.2, 0) is 6.18 Å². The Kier molecular flexibility index (Phi) is 4.08. The van der Waals surface area contributed by atoms with E-state index < -0.39 is 11.7 Å². The van der Waals surface area contributed by atoms with Crippen LogP contribution >= 0.6 is 0 Å². The van der Waals surface area contributed by atoms with Gasteiger partial charge in [-0.2, -0.15) is 13.2 Å². The summed E-state index contributed by atoms with van der Waals surface area (Å²) in [6.07, 6.45) is -4.28. The van der Waals surface area contributed by atoms with Crippen molar-refractivity contribution in [1.29, 1.82) is 0 Å². The maximum atomic E-state index is 12.5. The highest BCUT2D eigenvalue weighted by Gasteiger charge is 2.30. The molecular weight excluding hydrogens is 243 g/mol. The Bertz CT molecular complexity index is 386. The Balaban J connectivity index is 1.92. The second kappa shape index (κ2) is 5.58.